The van der Waals surface area contributed by atoms with E-state index < -0.39 is 0 Å². The van der Waals surface area contributed by atoms with Gasteiger partial charge in [0.2, 0.25) is 5.89 Å². The average Bonchev–Trinajstić information content (AvgIpc) is 3.22. The highest BCUT2D eigenvalue weighted by atomic mass is 19.1. The van der Waals surface area contributed by atoms with E-state index in [9.17, 15) is 9.18 Å². The molecule has 0 saturated carbocycles. The molecule has 6 heteroatoms. The summed E-state index contributed by atoms with van der Waals surface area (Å²) in [5, 5.41) is 2.89. The summed E-state index contributed by atoms with van der Waals surface area (Å²) >= 11 is 0. The number of carbonyl (C=O) groups is 1. The Hall–Kier alpha value is -2.99. The van der Waals surface area contributed by atoms with E-state index in [1.54, 1.807) is 6.07 Å². The fraction of sp³-hybridized carbons (Fsp3) is 0.333. The molecule has 1 heterocycles. The lowest BCUT2D eigenvalue weighted by molar-refractivity contribution is 0.0934. The van der Waals surface area contributed by atoms with Crippen LogP contribution in [0.4, 0.5) is 4.39 Å². The SMILES string of the molecule is CC[C@@H](C)NC(=O)c1coc(CN(Cc2cccc(F)c2)[C@@H](C)c2ccccc2)n1. The second-order valence-corrected chi connectivity index (χ2v) is 7.53. The van der Waals surface area contributed by atoms with Crippen LogP contribution in [0.3, 0.4) is 0 Å². The van der Waals surface area contributed by atoms with Crippen molar-refractivity contribution in [3.63, 3.8) is 0 Å². The van der Waals surface area contributed by atoms with Gasteiger partial charge in [0.25, 0.3) is 5.91 Å². The zero-order valence-electron chi connectivity index (χ0n) is 17.6. The van der Waals surface area contributed by atoms with Crippen LogP contribution in [-0.2, 0) is 13.1 Å². The molecular formula is C24H28FN3O2. The topological polar surface area (TPSA) is 58.4 Å². The third-order valence-corrected chi connectivity index (χ3v) is 5.22. The molecule has 0 unspecified atom stereocenters. The van der Waals surface area contributed by atoms with Crippen LogP contribution in [0.1, 0.15) is 60.7 Å². The van der Waals surface area contributed by atoms with E-state index in [0.717, 1.165) is 17.5 Å². The lowest BCUT2D eigenvalue weighted by Gasteiger charge is -2.28. The number of oxazole rings is 1. The molecule has 5 nitrogen and oxygen atoms in total. The van der Waals surface area contributed by atoms with Crippen molar-refractivity contribution >= 4 is 5.91 Å². The van der Waals surface area contributed by atoms with Gasteiger partial charge in [-0.15, -0.1) is 0 Å². The fourth-order valence-electron chi connectivity index (χ4n) is 3.20. The van der Waals surface area contributed by atoms with Crippen molar-refractivity contribution in [1.82, 2.24) is 15.2 Å². The molecule has 3 rings (SSSR count). The molecule has 2 aromatic carbocycles. The van der Waals surface area contributed by atoms with Gasteiger partial charge in [0.15, 0.2) is 5.69 Å². The van der Waals surface area contributed by atoms with Gasteiger partial charge < -0.3 is 9.73 Å². The number of amides is 1. The van der Waals surface area contributed by atoms with Gasteiger partial charge in [0.05, 0.1) is 6.54 Å². The Balaban J connectivity index is 1.79. The van der Waals surface area contributed by atoms with Crippen molar-refractivity contribution in [2.24, 2.45) is 0 Å². The summed E-state index contributed by atoms with van der Waals surface area (Å²) in [6.07, 6.45) is 2.23. The average molecular weight is 410 g/mol. The predicted molar refractivity (Wildman–Crippen MR) is 114 cm³/mol. The molecule has 0 aliphatic carbocycles. The molecule has 1 N–H and O–H groups in total. The molecule has 3 aromatic rings. The maximum absolute atomic E-state index is 13.7. The standard InChI is InChI=1S/C24H28FN3O2/c1-4-17(2)26-24(29)22-16-30-23(27-22)15-28(14-19-9-8-12-21(25)13-19)18(3)20-10-6-5-7-11-20/h5-13,16-18H,4,14-15H2,1-3H3,(H,26,29)/t17-,18+/m1/s1. The van der Waals surface area contributed by atoms with Gasteiger partial charge in [-0.1, -0.05) is 49.4 Å². The summed E-state index contributed by atoms with van der Waals surface area (Å²) in [4.78, 5) is 18.8. The summed E-state index contributed by atoms with van der Waals surface area (Å²) in [6, 6.07) is 16.8. The van der Waals surface area contributed by atoms with Crippen LogP contribution in [0.2, 0.25) is 0 Å². The third-order valence-electron chi connectivity index (χ3n) is 5.22. The van der Waals surface area contributed by atoms with E-state index in [0.29, 0.717) is 19.0 Å². The van der Waals surface area contributed by atoms with Gasteiger partial charge in [-0.05, 0) is 43.5 Å². The van der Waals surface area contributed by atoms with Gasteiger partial charge in [-0.2, -0.15) is 0 Å². The monoisotopic (exact) mass is 409 g/mol. The van der Waals surface area contributed by atoms with E-state index in [1.807, 2.05) is 38.1 Å². The zero-order valence-corrected chi connectivity index (χ0v) is 17.6. The highest BCUT2D eigenvalue weighted by Gasteiger charge is 2.21. The normalized spacial score (nSPS) is 13.2. The first kappa shape index (κ1) is 21.7. The smallest absolute Gasteiger partial charge is 0.273 e. The second-order valence-electron chi connectivity index (χ2n) is 7.53. The van der Waals surface area contributed by atoms with Gasteiger partial charge in [0, 0.05) is 18.6 Å². The molecule has 0 fully saturated rings. The molecule has 0 aliphatic heterocycles. The summed E-state index contributed by atoms with van der Waals surface area (Å²) in [6.45, 7) is 6.96. The van der Waals surface area contributed by atoms with E-state index in [1.165, 1.54) is 18.4 Å². The predicted octanol–water partition coefficient (Wildman–Crippen LogP) is 5.11. The van der Waals surface area contributed by atoms with Crippen molar-refractivity contribution < 1.29 is 13.6 Å². The number of nitrogens with one attached hydrogen (secondary N) is 1. The summed E-state index contributed by atoms with van der Waals surface area (Å²) in [5.74, 6) is -0.0597. The summed E-state index contributed by atoms with van der Waals surface area (Å²) in [7, 11) is 0. The minimum atomic E-state index is -0.264. The highest BCUT2D eigenvalue weighted by molar-refractivity contribution is 5.92. The molecule has 0 spiro atoms. The molecule has 1 amide bonds. The van der Waals surface area contributed by atoms with Gasteiger partial charge >= 0.3 is 0 Å². The first-order valence-corrected chi connectivity index (χ1v) is 10.2. The largest absolute Gasteiger partial charge is 0.447 e. The van der Waals surface area contributed by atoms with Crippen LogP contribution >= 0.6 is 0 Å². The van der Waals surface area contributed by atoms with Gasteiger partial charge in [0.1, 0.15) is 12.1 Å². The van der Waals surface area contributed by atoms with Crippen LogP contribution in [0, 0.1) is 5.82 Å². The summed E-state index contributed by atoms with van der Waals surface area (Å²) < 4.78 is 19.3. The van der Waals surface area contributed by atoms with Crippen LogP contribution in [-0.4, -0.2) is 21.8 Å². The molecule has 30 heavy (non-hydrogen) atoms. The minimum absolute atomic E-state index is 0.0405. The Morgan fingerprint density at radius 1 is 1.13 bits per heavy atom. The van der Waals surface area contributed by atoms with E-state index in [-0.39, 0.29) is 29.5 Å². The first-order valence-electron chi connectivity index (χ1n) is 10.2. The number of rotatable bonds is 9. The Bertz CT molecular complexity index is 958. The molecule has 0 radical (unpaired) electrons. The van der Waals surface area contributed by atoms with Crippen molar-refractivity contribution in [3.05, 3.63) is 89.4 Å². The minimum Gasteiger partial charge on any atom is -0.447 e. The second kappa shape index (κ2) is 10.2. The van der Waals surface area contributed by atoms with Crippen molar-refractivity contribution in [3.8, 4) is 0 Å². The van der Waals surface area contributed by atoms with Crippen LogP contribution in [0.15, 0.2) is 65.3 Å². The first-order chi connectivity index (χ1) is 14.5. The maximum Gasteiger partial charge on any atom is 0.273 e. The van der Waals surface area contributed by atoms with Crippen molar-refractivity contribution in [2.75, 3.05) is 0 Å². The number of carbonyl (C=O) groups excluding carboxylic acids is 1. The zero-order chi connectivity index (χ0) is 21.5. The van der Waals surface area contributed by atoms with Crippen LogP contribution < -0.4 is 5.32 Å². The molecule has 0 aliphatic rings. The van der Waals surface area contributed by atoms with Gasteiger partial charge in [-0.3, -0.25) is 9.69 Å². The third kappa shape index (κ3) is 5.76. The summed E-state index contributed by atoms with van der Waals surface area (Å²) in [5.41, 5.74) is 2.26. The lowest BCUT2D eigenvalue weighted by Crippen LogP contribution is -2.32. The number of aromatic nitrogens is 1. The van der Waals surface area contributed by atoms with E-state index in [2.05, 4.69) is 34.3 Å². The number of hydrogen-bond donors (Lipinski definition) is 1. The Kier molecular flexibility index (Phi) is 7.36. The molecule has 2 atom stereocenters. The molecule has 158 valence electrons. The molecule has 1 aromatic heterocycles. The van der Waals surface area contributed by atoms with Crippen molar-refractivity contribution in [1.29, 1.82) is 0 Å². The van der Waals surface area contributed by atoms with Gasteiger partial charge in [-0.25, -0.2) is 9.37 Å². The van der Waals surface area contributed by atoms with Crippen LogP contribution in [0.5, 0.6) is 0 Å². The number of hydrogen-bond acceptors (Lipinski definition) is 4. The quantitative estimate of drug-likeness (QED) is 0.534. The van der Waals surface area contributed by atoms with E-state index >= 15 is 0 Å². The Morgan fingerprint density at radius 3 is 2.60 bits per heavy atom. The lowest BCUT2D eigenvalue weighted by atomic mass is 10.1. The fourth-order valence-corrected chi connectivity index (χ4v) is 3.20. The van der Waals surface area contributed by atoms with Crippen molar-refractivity contribution in [2.45, 2.75) is 52.4 Å². The molecule has 0 bridgehead atoms. The Labute approximate surface area is 176 Å². The van der Waals surface area contributed by atoms with E-state index in [4.69, 9.17) is 4.42 Å². The highest BCUT2D eigenvalue weighted by Crippen LogP contribution is 2.24. The number of nitrogens with zero attached hydrogens (tertiary/aromatic N) is 2. The number of benzene rings is 2. The Morgan fingerprint density at radius 2 is 1.90 bits per heavy atom. The molecular weight excluding hydrogens is 381 g/mol. The maximum atomic E-state index is 13.7. The number of halogens is 1. The van der Waals surface area contributed by atoms with Crippen LogP contribution in [0.25, 0.3) is 0 Å². The molecule has 0 saturated heterocycles.